The van der Waals surface area contributed by atoms with Crippen LogP contribution in [0.3, 0.4) is 0 Å². The van der Waals surface area contributed by atoms with E-state index < -0.39 is 45.1 Å². The Morgan fingerprint density at radius 2 is 1.54 bits per heavy atom. The van der Waals surface area contributed by atoms with E-state index >= 15 is 4.39 Å². The third-order valence-electron chi connectivity index (χ3n) is 6.49. The van der Waals surface area contributed by atoms with Crippen molar-refractivity contribution in [3.05, 3.63) is 95.3 Å². The van der Waals surface area contributed by atoms with Crippen LogP contribution in [0.15, 0.2) is 82.6 Å². The summed E-state index contributed by atoms with van der Waals surface area (Å²) in [6.45, 7) is 5.66. The highest BCUT2D eigenvalue weighted by molar-refractivity contribution is 8.00. The van der Waals surface area contributed by atoms with E-state index in [2.05, 4.69) is 0 Å². The van der Waals surface area contributed by atoms with Gasteiger partial charge in [-0.1, -0.05) is 60.5 Å². The maximum atomic E-state index is 15.1. The van der Waals surface area contributed by atoms with Crippen LogP contribution in [-0.4, -0.2) is 35.1 Å². The molecule has 35 heavy (non-hydrogen) atoms. The topological polar surface area (TPSA) is 74.7 Å². The number of carboxylic acids is 1. The molecule has 0 aliphatic carbocycles. The van der Waals surface area contributed by atoms with E-state index in [4.69, 9.17) is 0 Å². The lowest BCUT2D eigenvalue weighted by Crippen LogP contribution is -2.39. The number of benzene rings is 3. The third-order valence-corrected chi connectivity index (χ3v) is 9.84. The number of nitrogens with zero attached hydrogens (tertiary/aromatic N) is 1. The van der Waals surface area contributed by atoms with E-state index in [-0.39, 0.29) is 10.5 Å². The molecule has 3 aromatic carbocycles. The molecular weight excluding hydrogens is 485 g/mol. The normalized spacial score (nSPS) is 22.9. The van der Waals surface area contributed by atoms with E-state index in [0.29, 0.717) is 6.42 Å². The van der Waals surface area contributed by atoms with Crippen LogP contribution in [0.5, 0.6) is 0 Å². The molecule has 0 saturated carbocycles. The van der Waals surface area contributed by atoms with Gasteiger partial charge in [0.2, 0.25) is 10.0 Å². The molecule has 0 aromatic heterocycles. The predicted octanol–water partition coefficient (Wildman–Crippen LogP) is 5.83. The van der Waals surface area contributed by atoms with Gasteiger partial charge < -0.3 is 5.11 Å². The van der Waals surface area contributed by atoms with Crippen LogP contribution in [0.1, 0.15) is 36.1 Å². The lowest BCUT2D eigenvalue weighted by atomic mass is 9.92. The van der Waals surface area contributed by atoms with Gasteiger partial charge in [0, 0.05) is 21.8 Å². The van der Waals surface area contributed by atoms with Gasteiger partial charge in [-0.25, -0.2) is 12.8 Å². The number of thioether (sulfide) groups is 1. The quantitative estimate of drug-likeness (QED) is 0.430. The standard InChI is InChI=1S/C27H28FNO4S2/c1-4-23-26(34-19-13-9-17(2)10-14-19)24(27(30)31)25(21-7-5-6-8-22(21)28)29(23)35(32,33)20-15-11-18(3)12-16-20/h5-16,23-26H,4H2,1-3H3,(H,30,31)/t23-,24+,25+,26-/m1/s1. The van der Waals surface area contributed by atoms with Gasteiger partial charge in [0.15, 0.2) is 0 Å². The molecule has 4 atom stereocenters. The molecule has 0 bridgehead atoms. The smallest absolute Gasteiger partial charge is 0.309 e. The van der Waals surface area contributed by atoms with Crippen LogP contribution in [0.4, 0.5) is 4.39 Å². The zero-order chi connectivity index (χ0) is 25.3. The fraction of sp³-hybridized carbons (Fsp3) is 0.296. The zero-order valence-electron chi connectivity index (χ0n) is 19.8. The lowest BCUT2D eigenvalue weighted by molar-refractivity contribution is -0.142. The van der Waals surface area contributed by atoms with Gasteiger partial charge in [0.1, 0.15) is 5.82 Å². The van der Waals surface area contributed by atoms with E-state index in [0.717, 1.165) is 16.0 Å². The van der Waals surface area contributed by atoms with Gasteiger partial charge in [-0.05, 0) is 50.6 Å². The summed E-state index contributed by atoms with van der Waals surface area (Å²) in [5.74, 6) is -2.92. The number of sulfonamides is 1. The summed E-state index contributed by atoms with van der Waals surface area (Å²) in [7, 11) is -4.14. The number of aliphatic carboxylic acids is 1. The summed E-state index contributed by atoms with van der Waals surface area (Å²) >= 11 is 1.34. The van der Waals surface area contributed by atoms with Gasteiger partial charge in [0.25, 0.3) is 0 Å². The van der Waals surface area contributed by atoms with Gasteiger partial charge in [0.05, 0.1) is 16.9 Å². The monoisotopic (exact) mass is 513 g/mol. The maximum absolute atomic E-state index is 15.1. The lowest BCUT2D eigenvalue weighted by Gasteiger charge is -2.30. The molecule has 1 aliphatic heterocycles. The van der Waals surface area contributed by atoms with Crippen molar-refractivity contribution in [2.24, 2.45) is 5.92 Å². The molecule has 0 radical (unpaired) electrons. The van der Waals surface area contributed by atoms with Crippen molar-refractivity contribution in [3.8, 4) is 0 Å². The van der Waals surface area contributed by atoms with E-state index in [1.807, 2.05) is 45.0 Å². The van der Waals surface area contributed by atoms with Crippen molar-refractivity contribution in [2.75, 3.05) is 0 Å². The van der Waals surface area contributed by atoms with E-state index in [9.17, 15) is 18.3 Å². The van der Waals surface area contributed by atoms with E-state index in [1.54, 1.807) is 18.2 Å². The van der Waals surface area contributed by atoms with Gasteiger partial charge >= 0.3 is 5.97 Å². The Balaban J connectivity index is 1.91. The number of hydrogen-bond donors (Lipinski definition) is 1. The molecular formula is C27H28FNO4S2. The molecule has 3 aromatic rings. The minimum atomic E-state index is -4.14. The molecule has 5 nitrogen and oxygen atoms in total. The Labute approximate surface area is 210 Å². The van der Waals surface area contributed by atoms with Crippen molar-refractivity contribution in [2.45, 2.75) is 54.3 Å². The molecule has 1 heterocycles. The summed E-state index contributed by atoms with van der Waals surface area (Å²) in [6, 6.07) is 18.1. The first kappa shape index (κ1) is 25.4. The van der Waals surface area contributed by atoms with Crippen LogP contribution >= 0.6 is 11.8 Å². The molecule has 1 saturated heterocycles. The first-order chi connectivity index (χ1) is 16.6. The van der Waals surface area contributed by atoms with Crippen LogP contribution in [0.25, 0.3) is 0 Å². The number of rotatable bonds is 7. The number of halogens is 1. The number of aryl methyl sites for hydroxylation is 2. The average Bonchev–Trinajstić information content (AvgIpc) is 3.15. The minimum Gasteiger partial charge on any atom is -0.481 e. The highest BCUT2D eigenvalue weighted by Gasteiger charge is 2.57. The average molecular weight is 514 g/mol. The summed E-state index contributed by atoms with van der Waals surface area (Å²) in [6.07, 6.45) is 0.378. The summed E-state index contributed by atoms with van der Waals surface area (Å²) < 4.78 is 44.4. The number of hydrogen-bond acceptors (Lipinski definition) is 4. The Hall–Kier alpha value is -2.68. The van der Waals surface area contributed by atoms with Crippen LogP contribution in [0.2, 0.25) is 0 Å². The largest absolute Gasteiger partial charge is 0.481 e. The summed E-state index contributed by atoms with van der Waals surface area (Å²) in [4.78, 5) is 13.6. The summed E-state index contributed by atoms with van der Waals surface area (Å²) in [5.41, 5.74) is 2.04. The second-order valence-electron chi connectivity index (χ2n) is 8.85. The fourth-order valence-corrected chi connectivity index (χ4v) is 8.23. The first-order valence-electron chi connectivity index (χ1n) is 11.5. The highest BCUT2D eigenvalue weighted by Crippen LogP contribution is 2.52. The molecule has 0 amide bonds. The molecule has 1 aliphatic rings. The first-order valence-corrected chi connectivity index (χ1v) is 13.8. The Morgan fingerprint density at radius 3 is 2.09 bits per heavy atom. The van der Waals surface area contributed by atoms with E-state index in [1.165, 1.54) is 46.4 Å². The second kappa shape index (κ2) is 10.1. The van der Waals surface area contributed by atoms with Crippen LogP contribution in [-0.2, 0) is 14.8 Å². The number of carboxylic acid groups (broad SMARTS) is 1. The van der Waals surface area contributed by atoms with Crippen molar-refractivity contribution in [1.29, 1.82) is 0 Å². The van der Waals surface area contributed by atoms with Crippen LogP contribution in [0, 0.1) is 25.6 Å². The Morgan fingerprint density at radius 1 is 0.971 bits per heavy atom. The SMILES string of the molecule is CC[C@@H]1[C@@H](Sc2ccc(C)cc2)[C@@H](C(=O)O)[C@H](c2ccccc2F)N1S(=O)(=O)c1ccc(C)cc1. The Bertz CT molecular complexity index is 1310. The van der Waals surface area contributed by atoms with Gasteiger partial charge in [-0.2, -0.15) is 4.31 Å². The molecule has 1 N–H and O–H groups in total. The van der Waals surface area contributed by atoms with Crippen molar-refractivity contribution in [3.63, 3.8) is 0 Å². The number of carbonyl (C=O) groups is 1. The Kier molecular flexibility index (Phi) is 7.35. The van der Waals surface area contributed by atoms with Crippen molar-refractivity contribution < 1.29 is 22.7 Å². The minimum absolute atomic E-state index is 0.0630. The highest BCUT2D eigenvalue weighted by atomic mass is 32.2. The van der Waals surface area contributed by atoms with Gasteiger partial charge in [-0.3, -0.25) is 4.79 Å². The fourth-order valence-electron chi connectivity index (χ4n) is 4.75. The molecule has 0 spiro atoms. The molecule has 4 rings (SSSR count). The second-order valence-corrected chi connectivity index (χ2v) is 11.9. The van der Waals surface area contributed by atoms with Gasteiger partial charge in [-0.15, -0.1) is 11.8 Å². The zero-order valence-corrected chi connectivity index (χ0v) is 21.4. The predicted molar refractivity (Wildman–Crippen MR) is 135 cm³/mol. The van der Waals surface area contributed by atoms with Crippen molar-refractivity contribution in [1.82, 2.24) is 4.31 Å². The molecule has 0 unspecified atom stereocenters. The summed E-state index contributed by atoms with van der Waals surface area (Å²) in [5, 5.41) is 9.75. The molecule has 184 valence electrons. The molecule has 8 heteroatoms. The molecule has 1 fully saturated rings. The van der Waals surface area contributed by atoms with Crippen LogP contribution < -0.4 is 0 Å². The van der Waals surface area contributed by atoms with Crippen molar-refractivity contribution >= 4 is 27.8 Å². The maximum Gasteiger partial charge on any atom is 0.309 e. The third kappa shape index (κ3) is 4.87.